The highest BCUT2D eigenvalue weighted by molar-refractivity contribution is 9.10. The first-order valence-corrected chi connectivity index (χ1v) is 6.89. The fraction of sp³-hybridized carbons (Fsp3) is 0.333. The van der Waals surface area contributed by atoms with Crippen molar-refractivity contribution in [3.8, 4) is 5.75 Å². The molecule has 0 fully saturated rings. The van der Waals surface area contributed by atoms with Gasteiger partial charge in [-0.1, -0.05) is 15.9 Å². The lowest BCUT2D eigenvalue weighted by atomic mass is 10.3. The van der Waals surface area contributed by atoms with Crippen LogP contribution in [-0.2, 0) is 9.84 Å². The Bertz CT molecular complexity index is 474. The summed E-state index contributed by atoms with van der Waals surface area (Å²) in [5, 5.41) is 0. The predicted octanol–water partition coefficient (Wildman–Crippen LogP) is 2.50. The van der Waals surface area contributed by atoms with Crippen LogP contribution in [0.15, 0.2) is 27.6 Å². The van der Waals surface area contributed by atoms with E-state index in [0.29, 0.717) is 4.47 Å². The van der Waals surface area contributed by atoms with E-state index in [1.165, 1.54) is 18.2 Å². The summed E-state index contributed by atoms with van der Waals surface area (Å²) >= 11 is 3.08. The van der Waals surface area contributed by atoms with Crippen LogP contribution in [0.2, 0.25) is 0 Å². The largest absolute Gasteiger partial charge is 0.488 e. The molecule has 0 saturated carbocycles. The van der Waals surface area contributed by atoms with Crippen molar-refractivity contribution in [2.45, 2.75) is 11.3 Å². The second-order valence-corrected chi connectivity index (χ2v) is 6.03. The Morgan fingerprint density at radius 3 is 2.50 bits per heavy atom. The Balaban J connectivity index is 3.00. The fourth-order valence-electron chi connectivity index (χ4n) is 0.994. The fourth-order valence-corrected chi connectivity index (χ4v) is 2.29. The standard InChI is InChI=1S/C9H9BrF2O3S/c1-16(13,14)8-3-6(10)2-7(4-8)15-5-9(11)12/h2-4,9H,5H2,1H3. The first kappa shape index (κ1) is 13.4. The van der Waals surface area contributed by atoms with E-state index in [1.807, 2.05) is 0 Å². The van der Waals surface area contributed by atoms with Crippen LogP contribution < -0.4 is 4.74 Å². The van der Waals surface area contributed by atoms with E-state index in [9.17, 15) is 17.2 Å². The van der Waals surface area contributed by atoms with Crippen LogP contribution in [0.1, 0.15) is 0 Å². The van der Waals surface area contributed by atoms with Crippen molar-refractivity contribution >= 4 is 25.8 Å². The van der Waals surface area contributed by atoms with Gasteiger partial charge in [0.25, 0.3) is 6.43 Å². The lowest BCUT2D eigenvalue weighted by molar-refractivity contribution is 0.0817. The molecule has 7 heteroatoms. The summed E-state index contributed by atoms with van der Waals surface area (Å²) in [7, 11) is -3.38. The van der Waals surface area contributed by atoms with Gasteiger partial charge in [0.2, 0.25) is 0 Å². The van der Waals surface area contributed by atoms with Gasteiger partial charge in [0, 0.05) is 10.7 Å². The number of hydrogen-bond donors (Lipinski definition) is 0. The molecule has 0 N–H and O–H groups in total. The molecule has 0 unspecified atom stereocenters. The Kier molecular flexibility index (Phi) is 4.26. The van der Waals surface area contributed by atoms with Gasteiger partial charge in [-0.05, 0) is 18.2 Å². The molecule has 0 atom stereocenters. The molecule has 3 nitrogen and oxygen atoms in total. The number of sulfone groups is 1. The highest BCUT2D eigenvalue weighted by Crippen LogP contribution is 2.24. The van der Waals surface area contributed by atoms with E-state index in [0.717, 1.165) is 6.26 Å². The second kappa shape index (κ2) is 5.09. The third kappa shape index (κ3) is 4.05. The minimum atomic E-state index is -3.38. The van der Waals surface area contributed by atoms with Crippen LogP contribution >= 0.6 is 15.9 Å². The van der Waals surface area contributed by atoms with Crippen molar-refractivity contribution in [3.05, 3.63) is 22.7 Å². The smallest absolute Gasteiger partial charge is 0.272 e. The normalized spacial score (nSPS) is 11.8. The summed E-state index contributed by atoms with van der Waals surface area (Å²) in [6.07, 6.45) is -1.56. The first-order chi connectivity index (χ1) is 7.29. The molecular weight excluding hydrogens is 306 g/mol. The molecule has 1 rings (SSSR count). The Morgan fingerprint density at radius 1 is 1.38 bits per heavy atom. The first-order valence-electron chi connectivity index (χ1n) is 4.20. The molecule has 0 bridgehead atoms. The zero-order valence-corrected chi connectivity index (χ0v) is 10.7. The lowest BCUT2D eigenvalue weighted by Gasteiger charge is -2.07. The molecule has 0 amide bonds. The minimum absolute atomic E-state index is 0.0196. The number of halogens is 3. The monoisotopic (exact) mass is 314 g/mol. The third-order valence-corrected chi connectivity index (χ3v) is 3.20. The molecule has 16 heavy (non-hydrogen) atoms. The molecule has 0 aliphatic carbocycles. The van der Waals surface area contributed by atoms with Gasteiger partial charge in [0.05, 0.1) is 4.90 Å². The average molecular weight is 315 g/mol. The highest BCUT2D eigenvalue weighted by Gasteiger charge is 2.11. The molecule has 0 saturated heterocycles. The van der Waals surface area contributed by atoms with E-state index < -0.39 is 22.9 Å². The molecule has 1 aromatic carbocycles. The van der Waals surface area contributed by atoms with Crippen LogP contribution in [-0.4, -0.2) is 27.7 Å². The van der Waals surface area contributed by atoms with Crippen molar-refractivity contribution in [3.63, 3.8) is 0 Å². The van der Waals surface area contributed by atoms with Crippen molar-refractivity contribution in [2.75, 3.05) is 12.9 Å². The van der Waals surface area contributed by atoms with Crippen molar-refractivity contribution in [1.82, 2.24) is 0 Å². The van der Waals surface area contributed by atoms with E-state index in [-0.39, 0.29) is 10.6 Å². The van der Waals surface area contributed by atoms with Gasteiger partial charge in [0.1, 0.15) is 12.4 Å². The molecule has 0 spiro atoms. The summed E-state index contributed by atoms with van der Waals surface area (Å²) in [4.78, 5) is 0.0196. The van der Waals surface area contributed by atoms with Gasteiger partial charge in [-0.25, -0.2) is 17.2 Å². The number of benzene rings is 1. The van der Waals surface area contributed by atoms with Crippen molar-refractivity contribution in [1.29, 1.82) is 0 Å². The molecule has 1 aromatic rings. The molecule has 0 aliphatic heterocycles. The van der Waals surface area contributed by atoms with E-state index in [2.05, 4.69) is 15.9 Å². The lowest BCUT2D eigenvalue weighted by Crippen LogP contribution is -2.07. The number of ether oxygens (including phenoxy) is 1. The minimum Gasteiger partial charge on any atom is -0.488 e. The zero-order chi connectivity index (χ0) is 12.3. The van der Waals surface area contributed by atoms with Gasteiger partial charge >= 0.3 is 0 Å². The summed E-state index contributed by atoms with van der Waals surface area (Å²) in [5.74, 6) is 0.0927. The second-order valence-electron chi connectivity index (χ2n) is 3.10. The highest BCUT2D eigenvalue weighted by atomic mass is 79.9. The van der Waals surface area contributed by atoms with Gasteiger partial charge in [-0.2, -0.15) is 0 Å². The molecule has 0 aliphatic rings. The van der Waals surface area contributed by atoms with Gasteiger partial charge in [-0.3, -0.25) is 0 Å². The molecule has 90 valence electrons. The van der Waals surface area contributed by atoms with Crippen LogP contribution in [0, 0.1) is 0 Å². The Labute approximate surface area is 100 Å². The maximum Gasteiger partial charge on any atom is 0.272 e. The molecule has 0 radical (unpaired) electrons. The predicted molar refractivity (Wildman–Crippen MR) is 58.8 cm³/mol. The number of hydrogen-bond acceptors (Lipinski definition) is 3. The van der Waals surface area contributed by atoms with Crippen LogP contribution in [0.5, 0.6) is 5.75 Å². The van der Waals surface area contributed by atoms with Crippen molar-refractivity contribution < 1.29 is 21.9 Å². The molecule has 0 heterocycles. The molecular formula is C9H9BrF2O3S. The molecule has 0 aromatic heterocycles. The van der Waals surface area contributed by atoms with Gasteiger partial charge in [0.15, 0.2) is 9.84 Å². The Hall–Kier alpha value is -0.690. The van der Waals surface area contributed by atoms with E-state index in [4.69, 9.17) is 4.74 Å². The van der Waals surface area contributed by atoms with Gasteiger partial charge in [-0.15, -0.1) is 0 Å². The van der Waals surface area contributed by atoms with Crippen LogP contribution in [0.4, 0.5) is 8.78 Å². The quantitative estimate of drug-likeness (QED) is 0.857. The van der Waals surface area contributed by atoms with Crippen LogP contribution in [0.25, 0.3) is 0 Å². The summed E-state index contributed by atoms with van der Waals surface area (Å²) < 4.78 is 51.5. The SMILES string of the molecule is CS(=O)(=O)c1cc(Br)cc(OCC(F)F)c1. The average Bonchev–Trinajstić information content (AvgIpc) is 2.12. The van der Waals surface area contributed by atoms with E-state index in [1.54, 1.807) is 0 Å². The zero-order valence-electron chi connectivity index (χ0n) is 8.28. The van der Waals surface area contributed by atoms with Crippen molar-refractivity contribution in [2.24, 2.45) is 0 Å². The number of alkyl halides is 2. The number of rotatable bonds is 4. The summed E-state index contributed by atoms with van der Waals surface area (Å²) in [6, 6.07) is 4.02. The topological polar surface area (TPSA) is 43.4 Å². The van der Waals surface area contributed by atoms with Crippen LogP contribution in [0.3, 0.4) is 0 Å². The maximum absolute atomic E-state index is 11.9. The third-order valence-electron chi connectivity index (χ3n) is 1.65. The van der Waals surface area contributed by atoms with E-state index >= 15 is 0 Å². The Morgan fingerprint density at radius 2 is 2.00 bits per heavy atom. The van der Waals surface area contributed by atoms with Gasteiger partial charge < -0.3 is 4.74 Å². The summed E-state index contributed by atoms with van der Waals surface area (Å²) in [5.41, 5.74) is 0. The maximum atomic E-state index is 11.9. The summed E-state index contributed by atoms with van der Waals surface area (Å²) in [6.45, 7) is -0.764.